The van der Waals surface area contributed by atoms with Crippen molar-refractivity contribution >= 4 is 33.0 Å². The predicted octanol–water partition coefficient (Wildman–Crippen LogP) is 4.39. The first-order chi connectivity index (χ1) is 14.0. The van der Waals surface area contributed by atoms with Gasteiger partial charge >= 0.3 is 0 Å². The molecule has 0 radical (unpaired) electrons. The highest BCUT2D eigenvalue weighted by Crippen LogP contribution is 2.32. The van der Waals surface area contributed by atoms with Gasteiger partial charge in [-0.3, -0.25) is 4.79 Å². The molecule has 29 heavy (non-hydrogen) atoms. The molecule has 0 spiro atoms. The fourth-order valence-corrected chi connectivity index (χ4v) is 4.85. The van der Waals surface area contributed by atoms with Crippen LogP contribution in [0.15, 0.2) is 42.5 Å². The SMILES string of the molecule is Cc1c(C(=O)Nc2cccc(CCN3CCN(C)CC3)c2)sc2ccc(F)cc12. The molecule has 4 nitrogen and oxygen atoms in total. The summed E-state index contributed by atoms with van der Waals surface area (Å²) in [4.78, 5) is 18.3. The van der Waals surface area contributed by atoms with E-state index in [1.54, 1.807) is 6.07 Å². The average molecular weight is 412 g/mol. The highest BCUT2D eigenvalue weighted by Gasteiger charge is 2.17. The van der Waals surface area contributed by atoms with E-state index >= 15 is 0 Å². The molecule has 1 fully saturated rings. The Kier molecular flexibility index (Phi) is 5.94. The first-order valence-corrected chi connectivity index (χ1v) is 10.8. The van der Waals surface area contributed by atoms with Crippen LogP contribution in [0, 0.1) is 12.7 Å². The van der Waals surface area contributed by atoms with Crippen molar-refractivity contribution in [3.8, 4) is 0 Å². The van der Waals surface area contributed by atoms with Crippen LogP contribution in [0.1, 0.15) is 20.8 Å². The summed E-state index contributed by atoms with van der Waals surface area (Å²) in [5, 5.41) is 3.82. The third kappa shape index (κ3) is 4.66. The van der Waals surface area contributed by atoms with Crippen molar-refractivity contribution in [2.75, 3.05) is 45.1 Å². The van der Waals surface area contributed by atoms with E-state index in [2.05, 4.69) is 34.3 Å². The van der Waals surface area contributed by atoms with Crippen LogP contribution in [0.25, 0.3) is 10.1 Å². The molecule has 1 amide bonds. The number of rotatable bonds is 5. The first-order valence-electron chi connectivity index (χ1n) is 9.99. The average Bonchev–Trinajstić information content (AvgIpc) is 3.04. The number of amides is 1. The number of aryl methyl sites for hydroxylation is 1. The highest BCUT2D eigenvalue weighted by atomic mass is 32.1. The van der Waals surface area contributed by atoms with Crippen LogP contribution in [0.4, 0.5) is 10.1 Å². The number of anilines is 1. The second-order valence-electron chi connectivity index (χ2n) is 7.75. The fourth-order valence-electron chi connectivity index (χ4n) is 3.76. The zero-order valence-electron chi connectivity index (χ0n) is 16.9. The van der Waals surface area contributed by atoms with Crippen molar-refractivity contribution < 1.29 is 9.18 Å². The van der Waals surface area contributed by atoms with Gasteiger partial charge in [-0.15, -0.1) is 11.3 Å². The van der Waals surface area contributed by atoms with Gasteiger partial charge in [0, 0.05) is 43.1 Å². The van der Waals surface area contributed by atoms with Gasteiger partial charge < -0.3 is 15.1 Å². The molecule has 152 valence electrons. The summed E-state index contributed by atoms with van der Waals surface area (Å²) in [5.74, 6) is -0.418. The van der Waals surface area contributed by atoms with E-state index in [0.717, 1.165) is 60.5 Å². The van der Waals surface area contributed by atoms with E-state index in [1.165, 1.54) is 29.0 Å². The van der Waals surface area contributed by atoms with Gasteiger partial charge in [0.15, 0.2) is 0 Å². The zero-order valence-corrected chi connectivity index (χ0v) is 17.7. The number of nitrogens with one attached hydrogen (secondary N) is 1. The van der Waals surface area contributed by atoms with Gasteiger partial charge in [0.1, 0.15) is 5.82 Å². The van der Waals surface area contributed by atoms with Crippen molar-refractivity contribution in [1.82, 2.24) is 9.80 Å². The van der Waals surface area contributed by atoms with Gasteiger partial charge in [0.05, 0.1) is 4.88 Å². The predicted molar refractivity (Wildman–Crippen MR) is 119 cm³/mol. The molecule has 1 aromatic heterocycles. The molecule has 0 atom stereocenters. The lowest BCUT2D eigenvalue weighted by molar-refractivity contribution is 0.103. The number of hydrogen-bond donors (Lipinski definition) is 1. The van der Waals surface area contributed by atoms with E-state index < -0.39 is 0 Å². The number of thiophene rings is 1. The van der Waals surface area contributed by atoms with Crippen LogP contribution in [0.3, 0.4) is 0 Å². The second kappa shape index (κ2) is 8.61. The summed E-state index contributed by atoms with van der Waals surface area (Å²) >= 11 is 1.40. The quantitative estimate of drug-likeness (QED) is 0.676. The number of nitrogens with zero attached hydrogens (tertiary/aromatic N) is 2. The van der Waals surface area contributed by atoms with E-state index in [-0.39, 0.29) is 11.7 Å². The number of carbonyl (C=O) groups excluding carboxylic acids is 1. The Morgan fingerprint density at radius 1 is 1.14 bits per heavy atom. The van der Waals surface area contributed by atoms with Gasteiger partial charge in [-0.1, -0.05) is 12.1 Å². The van der Waals surface area contributed by atoms with Crippen molar-refractivity contribution in [1.29, 1.82) is 0 Å². The van der Waals surface area contributed by atoms with Gasteiger partial charge in [-0.25, -0.2) is 4.39 Å². The monoisotopic (exact) mass is 411 g/mol. The van der Waals surface area contributed by atoms with Crippen molar-refractivity contribution in [2.45, 2.75) is 13.3 Å². The minimum atomic E-state index is -0.279. The van der Waals surface area contributed by atoms with Crippen molar-refractivity contribution in [3.63, 3.8) is 0 Å². The molecule has 1 aliphatic heterocycles. The minimum absolute atomic E-state index is 0.139. The summed E-state index contributed by atoms with van der Waals surface area (Å²) in [7, 11) is 2.16. The molecule has 2 heterocycles. The lowest BCUT2D eigenvalue weighted by Crippen LogP contribution is -2.45. The molecule has 1 aliphatic rings. The molecule has 6 heteroatoms. The summed E-state index contributed by atoms with van der Waals surface area (Å²) in [6.45, 7) is 7.37. The molecular weight excluding hydrogens is 385 g/mol. The number of benzene rings is 2. The Balaban J connectivity index is 1.42. The molecule has 0 aliphatic carbocycles. The van der Waals surface area contributed by atoms with E-state index in [9.17, 15) is 9.18 Å². The normalized spacial score (nSPS) is 15.7. The molecule has 3 aromatic rings. The Labute approximate surface area is 174 Å². The molecule has 0 saturated carbocycles. The molecule has 4 rings (SSSR count). The van der Waals surface area contributed by atoms with Gasteiger partial charge in [-0.2, -0.15) is 0 Å². The van der Waals surface area contributed by atoms with Gasteiger partial charge in [-0.05, 0) is 67.2 Å². The molecule has 2 aromatic carbocycles. The number of likely N-dealkylation sites (N-methyl/N-ethyl adjacent to an activating group) is 1. The van der Waals surface area contributed by atoms with Gasteiger partial charge in [0.25, 0.3) is 5.91 Å². The number of carbonyl (C=O) groups is 1. The van der Waals surface area contributed by atoms with Crippen LogP contribution in [-0.2, 0) is 6.42 Å². The molecular formula is C23H26FN3OS. The Hall–Kier alpha value is -2.28. The summed E-state index contributed by atoms with van der Waals surface area (Å²) < 4.78 is 14.5. The van der Waals surface area contributed by atoms with E-state index in [1.807, 2.05) is 19.1 Å². The van der Waals surface area contributed by atoms with Crippen molar-refractivity contribution in [3.05, 3.63) is 64.3 Å². The van der Waals surface area contributed by atoms with Crippen LogP contribution < -0.4 is 5.32 Å². The minimum Gasteiger partial charge on any atom is -0.321 e. The maximum Gasteiger partial charge on any atom is 0.266 e. The summed E-state index contributed by atoms with van der Waals surface area (Å²) in [6.07, 6.45) is 0.967. The maximum absolute atomic E-state index is 13.5. The first kappa shape index (κ1) is 20.0. The third-order valence-corrected chi connectivity index (χ3v) is 6.87. The van der Waals surface area contributed by atoms with Crippen LogP contribution in [-0.4, -0.2) is 55.5 Å². The number of fused-ring (bicyclic) bond motifs is 1. The smallest absolute Gasteiger partial charge is 0.266 e. The summed E-state index contributed by atoms with van der Waals surface area (Å²) in [5.41, 5.74) is 2.85. The Morgan fingerprint density at radius 3 is 2.72 bits per heavy atom. The topological polar surface area (TPSA) is 35.6 Å². The fraction of sp³-hybridized carbons (Fsp3) is 0.348. The van der Waals surface area contributed by atoms with Crippen LogP contribution in [0.2, 0.25) is 0 Å². The Morgan fingerprint density at radius 2 is 1.93 bits per heavy atom. The lowest BCUT2D eigenvalue weighted by Gasteiger charge is -2.32. The molecule has 0 bridgehead atoms. The zero-order chi connectivity index (χ0) is 20.4. The van der Waals surface area contributed by atoms with E-state index in [0.29, 0.717) is 4.88 Å². The maximum atomic E-state index is 13.5. The second-order valence-corrected chi connectivity index (χ2v) is 8.80. The summed E-state index contributed by atoms with van der Waals surface area (Å²) in [6, 6.07) is 12.7. The lowest BCUT2D eigenvalue weighted by atomic mass is 10.1. The van der Waals surface area contributed by atoms with E-state index in [4.69, 9.17) is 0 Å². The Bertz CT molecular complexity index is 1020. The number of piperazine rings is 1. The molecule has 0 unspecified atom stereocenters. The van der Waals surface area contributed by atoms with Crippen LogP contribution in [0.5, 0.6) is 0 Å². The number of hydrogen-bond acceptors (Lipinski definition) is 4. The number of halogens is 1. The molecule has 1 N–H and O–H groups in total. The highest BCUT2D eigenvalue weighted by molar-refractivity contribution is 7.21. The third-order valence-electron chi connectivity index (χ3n) is 5.60. The molecule has 1 saturated heterocycles. The van der Waals surface area contributed by atoms with Crippen LogP contribution >= 0.6 is 11.3 Å². The van der Waals surface area contributed by atoms with Gasteiger partial charge in [0.2, 0.25) is 0 Å². The van der Waals surface area contributed by atoms with Crippen molar-refractivity contribution in [2.24, 2.45) is 0 Å². The largest absolute Gasteiger partial charge is 0.321 e. The standard InChI is InChI=1S/C23H26FN3OS/c1-16-20-15-18(24)6-7-21(20)29-22(16)23(28)25-19-5-3-4-17(14-19)8-9-27-12-10-26(2)11-13-27/h3-7,14-15H,8-13H2,1-2H3,(H,25,28).